The van der Waals surface area contributed by atoms with Crippen LogP contribution in [0.15, 0.2) is 71.6 Å². The van der Waals surface area contributed by atoms with Gasteiger partial charge in [-0.2, -0.15) is 0 Å². The first-order valence-electron chi connectivity index (χ1n) is 13.7. The SMILES string of the molecule is Cc1cc(C)cc(N(CC(=O)N(Cc2ccc(Cl)c(Cl)c2)[C@@H](C)C(=O)NC2CCCC2)S(=O)(=O)c2ccccc2)c1. The highest BCUT2D eigenvalue weighted by Gasteiger charge is 2.33. The molecule has 4 rings (SSSR count). The lowest BCUT2D eigenvalue weighted by molar-refractivity contribution is -0.139. The molecule has 0 aromatic heterocycles. The Kier molecular flexibility index (Phi) is 10.00. The van der Waals surface area contributed by atoms with Gasteiger partial charge in [0, 0.05) is 12.6 Å². The molecule has 41 heavy (non-hydrogen) atoms. The number of carbonyl (C=O) groups excluding carboxylic acids is 2. The maximum Gasteiger partial charge on any atom is 0.264 e. The van der Waals surface area contributed by atoms with Crippen LogP contribution in [0.1, 0.15) is 49.3 Å². The zero-order chi connectivity index (χ0) is 29.7. The molecule has 1 fully saturated rings. The maximum atomic E-state index is 14.1. The van der Waals surface area contributed by atoms with Gasteiger partial charge in [0.1, 0.15) is 12.6 Å². The highest BCUT2D eigenvalue weighted by Crippen LogP contribution is 2.28. The second-order valence-corrected chi connectivity index (χ2v) is 13.3. The number of nitrogens with zero attached hydrogens (tertiary/aromatic N) is 2. The number of rotatable bonds is 10. The van der Waals surface area contributed by atoms with Crippen LogP contribution in [0, 0.1) is 13.8 Å². The molecule has 7 nitrogen and oxygen atoms in total. The largest absolute Gasteiger partial charge is 0.352 e. The van der Waals surface area contributed by atoms with Gasteiger partial charge < -0.3 is 10.2 Å². The van der Waals surface area contributed by atoms with Crippen LogP contribution < -0.4 is 9.62 Å². The molecule has 0 bridgehead atoms. The number of hydrogen-bond acceptors (Lipinski definition) is 4. The summed E-state index contributed by atoms with van der Waals surface area (Å²) >= 11 is 12.4. The summed E-state index contributed by atoms with van der Waals surface area (Å²) in [5.74, 6) is -0.807. The summed E-state index contributed by atoms with van der Waals surface area (Å²) in [4.78, 5) is 28.9. The number of carbonyl (C=O) groups is 2. The molecule has 1 N–H and O–H groups in total. The molecule has 0 aliphatic heterocycles. The lowest BCUT2D eigenvalue weighted by atomic mass is 10.1. The quantitative estimate of drug-likeness (QED) is 0.291. The standard InChI is InChI=1S/C31H35Cl2N3O4S/c1-21-15-22(2)17-26(16-21)36(41(39,40)27-11-5-4-6-12-27)20-30(37)35(19-24-13-14-28(32)29(33)18-24)23(3)31(38)34-25-9-7-8-10-25/h4-6,11-18,23,25H,7-10,19-20H2,1-3H3,(H,34,38)/t23-/m0/s1. The van der Waals surface area contributed by atoms with Gasteiger partial charge in [-0.05, 0) is 86.7 Å². The molecule has 218 valence electrons. The van der Waals surface area contributed by atoms with E-state index in [1.54, 1.807) is 55.5 Å². The molecule has 1 aliphatic carbocycles. The molecule has 3 aromatic carbocycles. The third-order valence-corrected chi connectivity index (χ3v) is 9.84. The number of hydrogen-bond donors (Lipinski definition) is 1. The average molecular weight is 617 g/mol. The van der Waals surface area contributed by atoms with Crippen LogP contribution in [0.5, 0.6) is 0 Å². The Labute approximate surface area is 252 Å². The summed E-state index contributed by atoms with van der Waals surface area (Å²) in [6, 6.07) is 17.6. The van der Waals surface area contributed by atoms with Crippen molar-refractivity contribution >= 4 is 50.7 Å². The monoisotopic (exact) mass is 615 g/mol. The second kappa shape index (κ2) is 13.3. The first kappa shape index (κ1) is 30.9. The van der Waals surface area contributed by atoms with Crippen LogP contribution in [0.4, 0.5) is 5.69 Å². The third-order valence-electron chi connectivity index (χ3n) is 7.31. The molecular weight excluding hydrogens is 581 g/mol. The minimum absolute atomic E-state index is 0.0427. The fraction of sp³-hybridized carbons (Fsp3) is 0.355. The Morgan fingerprint density at radius 1 is 0.927 bits per heavy atom. The molecule has 0 radical (unpaired) electrons. The summed E-state index contributed by atoms with van der Waals surface area (Å²) in [6.07, 6.45) is 3.89. The summed E-state index contributed by atoms with van der Waals surface area (Å²) in [6.45, 7) is 4.95. The fourth-order valence-electron chi connectivity index (χ4n) is 5.15. The van der Waals surface area contributed by atoms with Crippen molar-refractivity contribution in [3.05, 3.63) is 93.5 Å². The van der Waals surface area contributed by atoms with Crippen molar-refractivity contribution in [3.63, 3.8) is 0 Å². The highest BCUT2D eigenvalue weighted by molar-refractivity contribution is 7.92. The van der Waals surface area contributed by atoms with Crippen LogP contribution in [0.25, 0.3) is 0 Å². The van der Waals surface area contributed by atoms with Crippen molar-refractivity contribution in [3.8, 4) is 0 Å². The van der Waals surface area contributed by atoms with E-state index in [0.717, 1.165) is 41.1 Å². The van der Waals surface area contributed by atoms with Gasteiger partial charge in [0.25, 0.3) is 10.0 Å². The first-order valence-corrected chi connectivity index (χ1v) is 15.8. The predicted octanol–water partition coefficient (Wildman–Crippen LogP) is 6.28. The van der Waals surface area contributed by atoms with Crippen molar-refractivity contribution in [2.24, 2.45) is 0 Å². The van der Waals surface area contributed by atoms with E-state index < -0.39 is 28.5 Å². The Hall–Kier alpha value is -3.07. The minimum atomic E-state index is -4.12. The molecule has 10 heteroatoms. The molecule has 3 aromatic rings. The Morgan fingerprint density at radius 3 is 2.17 bits per heavy atom. The molecule has 1 aliphatic rings. The molecule has 1 atom stereocenters. The molecule has 0 unspecified atom stereocenters. The normalized spacial score (nSPS) is 14.5. The van der Waals surface area contributed by atoms with Gasteiger partial charge >= 0.3 is 0 Å². The maximum absolute atomic E-state index is 14.1. The highest BCUT2D eigenvalue weighted by atomic mass is 35.5. The van der Waals surface area contributed by atoms with Gasteiger partial charge in [0.05, 0.1) is 20.6 Å². The van der Waals surface area contributed by atoms with Gasteiger partial charge in [0.15, 0.2) is 0 Å². The van der Waals surface area contributed by atoms with Gasteiger partial charge in [-0.1, -0.05) is 66.4 Å². The second-order valence-electron chi connectivity index (χ2n) is 10.6. The van der Waals surface area contributed by atoms with Gasteiger partial charge in [-0.15, -0.1) is 0 Å². The summed E-state index contributed by atoms with van der Waals surface area (Å²) in [7, 11) is -4.12. The zero-order valence-corrected chi connectivity index (χ0v) is 25.8. The Morgan fingerprint density at radius 2 is 1.56 bits per heavy atom. The van der Waals surface area contributed by atoms with E-state index in [-0.39, 0.29) is 23.4 Å². The van der Waals surface area contributed by atoms with Crippen LogP contribution in [0.3, 0.4) is 0 Å². The number of anilines is 1. The summed E-state index contributed by atoms with van der Waals surface area (Å²) in [5, 5.41) is 3.76. The number of nitrogens with one attached hydrogen (secondary N) is 1. The topological polar surface area (TPSA) is 86.8 Å². The number of amides is 2. The number of sulfonamides is 1. The summed E-state index contributed by atoms with van der Waals surface area (Å²) < 4.78 is 29.0. The van der Waals surface area contributed by atoms with Gasteiger partial charge in [-0.3, -0.25) is 13.9 Å². The van der Waals surface area contributed by atoms with E-state index in [1.165, 1.54) is 17.0 Å². The number of halogens is 2. The van der Waals surface area contributed by atoms with Crippen LogP contribution in [-0.4, -0.2) is 43.8 Å². The molecular formula is C31H35Cl2N3O4S. The van der Waals surface area contributed by atoms with E-state index in [4.69, 9.17) is 23.2 Å². The van der Waals surface area contributed by atoms with Crippen LogP contribution in [-0.2, 0) is 26.2 Å². The van der Waals surface area contributed by atoms with E-state index in [1.807, 2.05) is 19.9 Å². The molecule has 2 amide bonds. The van der Waals surface area contributed by atoms with E-state index in [2.05, 4.69) is 5.32 Å². The molecule has 0 spiro atoms. The predicted molar refractivity (Wildman–Crippen MR) is 164 cm³/mol. The van der Waals surface area contributed by atoms with Crippen molar-refractivity contribution in [1.29, 1.82) is 0 Å². The van der Waals surface area contributed by atoms with Gasteiger partial charge in [-0.25, -0.2) is 8.42 Å². The van der Waals surface area contributed by atoms with Crippen LogP contribution >= 0.6 is 23.2 Å². The van der Waals surface area contributed by atoms with Crippen molar-refractivity contribution < 1.29 is 18.0 Å². The van der Waals surface area contributed by atoms with E-state index in [9.17, 15) is 18.0 Å². The third kappa shape index (κ3) is 7.61. The molecule has 0 heterocycles. The van der Waals surface area contributed by atoms with Crippen molar-refractivity contribution in [2.45, 2.75) is 70.0 Å². The van der Waals surface area contributed by atoms with Crippen LogP contribution in [0.2, 0.25) is 10.0 Å². The van der Waals surface area contributed by atoms with Crippen molar-refractivity contribution in [1.82, 2.24) is 10.2 Å². The van der Waals surface area contributed by atoms with Gasteiger partial charge in [0.2, 0.25) is 11.8 Å². The fourth-order valence-corrected chi connectivity index (χ4v) is 6.89. The van der Waals surface area contributed by atoms with E-state index >= 15 is 0 Å². The molecule has 0 saturated heterocycles. The summed E-state index contributed by atoms with van der Waals surface area (Å²) in [5.41, 5.74) is 2.75. The van der Waals surface area contributed by atoms with Crippen molar-refractivity contribution in [2.75, 3.05) is 10.8 Å². The smallest absolute Gasteiger partial charge is 0.264 e. The first-order chi connectivity index (χ1) is 19.5. The molecule has 1 saturated carbocycles. The zero-order valence-electron chi connectivity index (χ0n) is 23.4. The Balaban J connectivity index is 1.71. The average Bonchev–Trinajstić information content (AvgIpc) is 3.44. The number of benzene rings is 3. The van der Waals surface area contributed by atoms with E-state index in [0.29, 0.717) is 21.3 Å². The lowest BCUT2D eigenvalue weighted by Gasteiger charge is -2.32. The minimum Gasteiger partial charge on any atom is -0.352 e. The number of aryl methyl sites for hydroxylation is 2. The lowest BCUT2D eigenvalue weighted by Crippen LogP contribution is -2.52. The Bertz CT molecular complexity index is 1490.